The first-order chi connectivity index (χ1) is 6.63. The molecule has 0 aliphatic carbocycles. The molecule has 0 amide bonds. The molecule has 6 heteroatoms. The monoisotopic (exact) mass is 239 g/mol. The number of aliphatic hydroxyl groups excluding tert-OH is 1. The quantitative estimate of drug-likeness (QED) is 0.841. The Labute approximate surface area is 92.3 Å². The summed E-state index contributed by atoms with van der Waals surface area (Å²) in [7, 11) is 0. The molecule has 0 unspecified atom stereocenters. The van der Waals surface area contributed by atoms with Crippen molar-refractivity contribution in [3.8, 4) is 5.75 Å². The predicted molar refractivity (Wildman–Crippen MR) is 54.3 cm³/mol. The second kappa shape index (κ2) is 6.55. The maximum absolute atomic E-state index is 11.8. The highest BCUT2D eigenvalue weighted by atomic mass is 35.5. The van der Waals surface area contributed by atoms with Crippen molar-refractivity contribution < 1.29 is 18.6 Å². The van der Waals surface area contributed by atoms with Gasteiger partial charge in [-0.3, -0.25) is 0 Å². The van der Waals surface area contributed by atoms with E-state index in [9.17, 15) is 8.78 Å². The lowest BCUT2D eigenvalue weighted by Crippen LogP contribution is -2.14. The maximum atomic E-state index is 11.8. The molecule has 0 saturated carbocycles. The lowest BCUT2D eigenvalue weighted by molar-refractivity contribution is -0.0499. The highest BCUT2D eigenvalue weighted by Gasteiger charge is 2.08. The molecule has 0 radical (unpaired) electrons. The number of hydrogen-bond donors (Lipinski definition) is 2. The average molecular weight is 240 g/mol. The zero-order valence-electron chi connectivity index (χ0n) is 7.77. The van der Waals surface area contributed by atoms with Gasteiger partial charge in [-0.2, -0.15) is 8.78 Å². The third-order valence-electron chi connectivity index (χ3n) is 1.71. The summed E-state index contributed by atoms with van der Waals surface area (Å²) >= 11 is 0. The number of hydrogen-bond acceptors (Lipinski definition) is 3. The Morgan fingerprint density at radius 2 is 2.07 bits per heavy atom. The van der Waals surface area contributed by atoms with Crippen molar-refractivity contribution in [3.05, 3.63) is 29.8 Å². The van der Waals surface area contributed by atoms with E-state index in [1.807, 2.05) is 0 Å². The van der Waals surface area contributed by atoms with Crippen LogP contribution in [0.4, 0.5) is 8.78 Å². The first-order valence-corrected chi connectivity index (χ1v) is 4.04. The molecule has 1 rings (SSSR count). The van der Waals surface area contributed by atoms with E-state index in [1.54, 1.807) is 12.1 Å². The third kappa shape index (κ3) is 4.42. The topological polar surface area (TPSA) is 55.5 Å². The van der Waals surface area contributed by atoms with Crippen molar-refractivity contribution in [2.75, 3.05) is 6.61 Å². The normalized spacial score (nSPS) is 12.1. The lowest BCUT2D eigenvalue weighted by Gasteiger charge is -2.10. The minimum absolute atomic E-state index is 0. The van der Waals surface area contributed by atoms with E-state index in [1.165, 1.54) is 12.1 Å². The molecular weight excluding hydrogens is 228 g/mol. The van der Waals surface area contributed by atoms with E-state index in [0.29, 0.717) is 5.56 Å². The molecule has 1 atom stereocenters. The van der Waals surface area contributed by atoms with Crippen LogP contribution in [0.2, 0.25) is 0 Å². The number of nitrogens with two attached hydrogens (primary N) is 1. The number of halogens is 3. The molecule has 3 N–H and O–H groups in total. The molecule has 0 fully saturated rings. The van der Waals surface area contributed by atoms with Crippen LogP contribution in [-0.2, 0) is 0 Å². The van der Waals surface area contributed by atoms with Gasteiger partial charge in [0.05, 0.1) is 12.6 Å². The van der Waals surface area contributed by atoms with Crippen LogP contribution in [-0.4, -0.2) is 18.3 Å². The van der Waals surface area contributed by atoms with Gasteiger partial charge in [-0.15, -0.1) is 12.4 Å². The fourth-order valence-electron chi connectivity index (χ4n) is 1.03. The van der Waals surface area contributed by atoms with Crippen molar-refractivity contribution in [2.45, 2.75) is 12.7 Å². The summed E-state index contributed by atoms with van der Waals surface area (Å²) in [4.78, 5) is 0. The van der Waals surface area contributed by atoms with Crippen molar-refractivity contribution in [2.24, 2.45) is 5.73 Å². The summed E-state index contributed by atoms with van der Waals surface area (Å²) in [6.07, 6.45) is 0. The predicted octanol–water partition coefficient (Wildman–Crippen LogP) is 1.70. The lowest BCUT2D eigenvalue weighted by atomic mass is 10.1. The number of rotatable bonds is 4. The third-order valence-corrected chi connectivity index (χ3v) is 1.71. The van der Waals surface area contributed by atoms with Crippen molar-refractivity contribution in [1.29, 1.82) is 0 Å². The van der Waals surface area contributed by atoms with Crippen LogP contribution < -0.4 is 10.5 Å². The number of alkyl halides is 2. The van der Waals surface area contributed by atoms with Gasteiger partial charge in [-0.1, -0.05) is 12.1 Å². The van der Waals surface area contributed by atoms with Gasteiger partial charge in [-0.05, 0) is 17.7 Å². The summed E-state index contributed by atoms with van der Waals surface area (Å²) < 4.78 is 27.8. The van der Waals surface area contributed by atoms with Crippen molar-refractivity contribution >= 4 is 12.4 Å². The Kier molecular flexibility index (Phi) is 6.15. The van der Waals surface area contributed by atoms with E-state index in [0.717, 1.165) is 0 Å². The molecule has 0 spiro atoms. The Morgan fingerprint density at radius 1 is 1.40 bits per heavy atom. The molecule has 0 aliphatic heterocycles. The molecule has 0 aromatic heterocycles. The van der Waals surface area contributed by atoms with Gasteiger partial charge in [0.1, 0.15) is 5.75 Å². The molecule has 1 aromatic rings. The summed E-state index contributed by atoms with van der Waals surface area (Å²) in [5, 5.41) is 8.75. The van der Waals surface area contributed by atoms with E-state index in [4.69, 9.17) is 10.8 Å². The summed E-state index contributed by atoms with van der Waals surface area (Å²) in [6.45, 7) is -3.09. The fourth-order valence-corrected chi connectivity index (χ4v) is 1.03. The minimum atomic E-state index is -2.85. The molecule has 86 valence electrons. The van der Waals surface area contributed by atoms with Crippen LogP contribution in [0.25, 0.3) is 0 Å². The van der Waals surface area contributed by atoms with Crippen LogP contribution in [0.5, 0.6) is 5.75 Å². The van der Waals surface area contributed by atoms with Crippen LogP contribution in [0, 0.1) is 0 Å². The highest BCUT2D eigenvalue weighted by Crippen LogP contribution is 2.19. The zero-order chi connectivity index (χ0) is 10.6. The number of ether oxygens (including phenoxy) is 1. The van der Waals surface area contributed by atoms with Crippen LogP contribution in [0.1, 0.15) is 11.6 Å². The Morgan fingerprint density at radius 3 is 2.60 bits per heavy atom. The van der Waals surface area contributed by atoms with Crippen LogP contribution in [0.3, 0.4) is 0 Å². The summed E-state index contributed by atoms with van der Waals surface area (Å²) in [5.41, 5.74) is 6.06. The number of aliphatic hydroxyl groups is 1. The van der Waals surface area contributed by atoms with Crippen molar-refractivity contribution in [1.82, 2.24) is 0 Å². The van der Waals surface area contributed by atoms with E-state index < -0.39 is 12.7 Å². The molecule has 15 heavy (non-hydrogen) atoms. The Balaban J connectivity index is 0.00000196. The first kappa shape index (κ1) is 14.1. The molecule has 0 saturated heterocycles. The van der Waals surface area contributed by atoms with Gasteiger partial charge in [0.15, 0.2) is 0 Å². The average Bonchev–Trinajstić information content (AvgIpc) is 2.16. The smallest absolute Gasteiger partial charge is 0.387 e. The van der Waals surface area contributed by atoms with E-state index in [2.05, 4.69) is 4.74 Å². The molecular formula is C9H12ClF2NO2. The van der Waals surface area contributed by atoms with Gasteiger partial charge < -0.3 is 15.6 Å². The second-order valence-corrected chi connectivity index (χ2v) is 2.74. The Hall–Kier alpha value is -0.910. The van der Waals surface area contributed by atoms with E-state index in [-0.39, 0.29) is 24.8 Å². The van der Waals surface area contributed by atoms with Gasteiger partial charge in [0.2, 0.25) is 0 Å². The van der Waals surface area contributed by atoms with Gasteiger partial charge in [0, 0.05) is 0 Å². The summed E-state index contributed by atoms with van der Waals surface area (Å²) in [5.74, 6) is 0.0430. The minimum Gasteiger partial charge on any atom is -0.435 e. The molecule has 1 aromatic carbocycles. The van der Waals surface area contributed by atoms with E-state index >= 15 is 0 Å². The zero-order valence-corrected chi connectivity index (χ0v) is 8.58. The van der Waals surface area contributed by atoms with Gasteiger partial charge in [0.25, 0.3) is 0 Å². The second-order valence-electron chi connectivity index (χ2n) is 2.74. The first-order valence-electron chi connectivity index (χ1n) is 4.04. The molecule has 0 heterocycles. The Bertz CT molecular complexity index is 299. The van der Waals surface area contributed by atoms with Gasteiger partial charge >= 0.3 is 6.61 Å². The largest absolute Gasteiger partial charge is 0.435 e. The standard InChI is InChI=1S/C9H11F2NO2.ClH/c10-9(11)14-7-3-1-2-6(4-7)8(12)5-13;/h1-4,8-9,13H,5,12H2;1H/t8-;/m0./s1. The van der Waals surface area contributed by atoms with Crippen LogP contribution >= 0.6 is 12.4 Å². The number of benzene rings is 1. The molecule has 0 bridgehead atoms. The molecule has 0 aliphatic rings. The fraction of sp³-hybridized carbons (Fsp3) is 0.333. The highest BCUT2D eigenvalue weighted by molar-refractivity contribution is 5.85. The summed E-state index contributed by atoms with van der Waals surface area (Å²) in [6, 6.07) is 5.39. The van der Waals surface area contributed by atoms with Crippen LogP contribution in [0.15, 0.2) is 24.3 Å². The maximum Gasteiger partial charge on any atom is 0.387 e. The van der Waals surface area contributed by atoms with Crippen molar-refractivity contribution in [3.63, 3.8) is 0 Å². The van der Waals surface area contributed by atoms with Gasteiger partial charge in [-0.25, -0.2) is 0 Å². The molecule has 3 nitrogen and oxygen atoms in total. The SMILES string of the molecule is Cl.N[C@@H](CO)c1cccc(OC(F)F)c1.